The highest BCUT2D eigenvalue weighted by Gasteiger charge is 2.37. The van der Waals surface area contributed by atoms with E-state index in [0.29, 0.717) is 24.9 Å². The first-order valence-electron chi connectivity index (χ1n) is 7.91. The fourth-order valence-corrected chi connectivity index (χ4v) is 5.19. The third-order valence-electron chi connectivity index (χ3n) is 4.72. The number of nitrogens with zero attached hydrogens (tertiary/aromatic N) is 2. The van der Waals surface area contributed by atoms with Crippen LogP contribution in [0.5, 0.6) is 5.75 Å². The highest BCUT2D eigenvalue weighted by molar-refractivity contribution is 7.89. The van der Waals surface area contributed by atoms with Gasteiger partial charge in [0.25, 0.3) is 0 Å². The molecule has 0 amide bonds. The largest absolute Gasteiger partial charge is 0.495 e. The minimum atomic E-state index is -3.48. The number of sulfonamides is 1. The predicted octanol–water partition coefficient (Wildman–Crippen LogP) is 1.86. The van der Waals surface area contributed by atoms with Crippen molar-refractivity contribution in [1.29, 1.82) is 0 Å². The first-order chi connectivity index (χ1) is 10.5. The molecule has 2 saturated heterocycles. The molecule has 2 aliphatic rings. The highest BCUT2D eigenvalue weighted by atomic mass is 32.2. The van der Waals surface area contributed by atoms with Crippen LogP contribution in [0.15, 0.2) is 23.1 Å². The molecule has 2 heterocycles. The van der Waals surface area contributed by atoms with Gasteiger partial charge in [-0.25, -0.2) is 8.42 Å². The van der Waals surface area contributed by atoms with E-state index in [1.54, 1.807) is 16.4 Å². The van der Waals surface area contributed by atoms with E-state index < -0.39 is 10.0 Å². The van der Waals surface area contributed by atoms with Gasteiger partial charge >= 0.3 is 0 Å². The van der Waals surface area contributed by atoms with Crippen LogP contribution < -0.4 is 4.74 Å². The van der Waals surface area contributed by atoms with E-state index in [9.17, 15) is 8.42 Å². The Morgan fingerprint density at radius 3 is 2.59 bits per heavy atom. The predicted molar refractivity (Wildman–Crippen MR) is 85.7 cm³/mol. The van der Waals surface area contributed by atoms with Crippen molar-refractivity contribution in [2.24, 2.45) is 0 Å². The molecule has 0 bridgehead atoms. The number of benzene rings is 1. The summed E-state index contributed by atoms with van der Waals surface area (Å²) < 4.78 is 32.8. The Morgan fingerprint density at radius 2 is 1.91 bits per heavy atom. The molecule has 1 unspecified atom stereocenters. The Kier molecular flexibility index (Phi) is 4.43. The second kappa shape index (κ2) is 6.18. The van der Waals surface area contributed by atoms with Crippen LogP contribution in [0.25, 0.3) is 0 Å². The highest BCUT2D eigenvalue weighted by Crippen LogP contribution is 2.31. The summed E-state index contributed by atoms with van der Waals surface area (Å²) in [7, 11) is -1.97. The summed E-state index contributed by atoms with van der Waals surface area (Å²) in [4.78, 5) is 2.72. The number of hydrogen-bond donors (Lipinski definition) is 0. The fourth-order valence-electron chi connectivity index (χ4n) is 3.46. The zero-order chi connectivity index (χ0) is 15.7. The number of rotatable bonds is 4. The number of hydrogen-bond acceptors (Lipinski definition) is 4. The minimum Gasteiger partial charge on any atom is -0.495 e. The summed E-state index contributed by atoms with van der Waals surface area (Å²) in [5.41, 5.74) is 0.926. The Labute approximate surface area is 132 Å². The first-order valence-corrected chi connectivity index (χ1v) is 9.35. The van der Waals surface area contributed by atoms with Crippen LogP contribution in [0.4, 0.5) is 0 Å². The maximum atomic E-state index is 13.0. The van der Waals surface area contributed by atoms with Gasteiger partial charge in [-0.1, -0.05) is 6.07 Å². The minimum absolute atomic E-state index is 0.289. The molecule has 1 atom stereocenters. The molecule has 1 aromatic rings. The van der Waals surface area contributed by atoms with Crippen molar-refractivity contribution in [3.8, 4) is 5.75 Å². The average Bonchev–Trinajstić information content (AvgIpc) is 3.18. The van der Waals surface area contributed by atoms with Crippen LogP contribution in [0.1, 0.15) is 24.8 Å². The molecule has 0 saturated carbocycles. The van der Waals surface area contributed by atoms with Crippen LogP contribution in [0.3, 0.4) is 0 Å². The molecule has 1 aromatic carbocycles. The molecule has 122 valence electrons. The van der Waals surface area contributed by atoms with E-state index in [-0.39, 0.29) is 4.90 Å². The van der Waals surface area contributed by atoms with E-state index in [2.05, 4.69) is 4.90 Å². The summed E-state index contributed by atoms with van der Waals surface area (Å²) in [6.45, 7) is 5.30. The summed E-state index contributed by atoms with van der Waals surface area (Å²) in [5.74, 6) is 0.426. The Bertz CT molecular complexity index is 639. The van der Waals surface area contributed by atoms with Gasteiger partial charge in [0.05, 0.1) is 7.11 Å². The van der Waals surface area contributed by atoms with Gasteiger partial charge < -0.3 is 4.74 Å². The fraction of sp³-hybridized carbons (Fsp3) is 0.625. The third kappa shape index (κ3) is 2.87. The molecule has 2 fully saturated rings. The number of aryl methyl sites for hydroxylation is 1. The van der Waals surface area contributed by atoms with Crippen molar-refractivity contribution in [2.45, 2.75) is 37.1 Å². The molecule has 3 rings (SSSR count). The van der Waals surface area contributed by atoms with Gasteiger partial charge in [0.15, 0.2) is 0 Å². The standard InChI is InChI=1S/C16H24N2O3S/c1-13-5-6-15(21-2)16(11-13)22(19,20)18-10-7-14(12-18)17-8-3-4-9-17/h5-6,11,14H,3-4,7-10,12H2,1-2H3. The van der Waals surface area contributed by atoms with Crippen LogP contribution in [0.2, 0.25) is 0 Å². The number of ether oxygens (including phenoxy) is 1. The van der Waals surface area contributed by atoms with Crippen molar-refractivity contribution in [1.82, 2.24) is 9.21 Å². The van der Waals surface area contributed by atoms with Gasteiger partial charge in [-0.3, -0.25) is 4.90 Å². The summed E-state index contributed by atoms with van der Waals surface area (Å²) in [6, 6.07) is 5.68. The van der Waals surface area contributed by atoms with Crippen molar-refractivity contribution in [3.05, 3.63) is 23.8 Å². The Morgan fingerprint density at radius 1 is 1.18 bits per heavy atom. The molecule has 0 spiro atoms. The van der Waals surface area contributed by atoms with Gasteiger partial charge in [0, 0.05) is 19.1 Å². The SMILES string of the molecule is COc1ccc(C)cc1S(=O)(=O)N1CCC(N2CCCC2)C1. The molecule has 0 aliphatic carbocycles. The van der Waals surface area contributed by atoms with Gasteiger partial charge in [-0.05, 0) is 57.0 Å². The van der Waals surface area contributed by atoms with Crippen LogP contribution in [-0.2, 0) is 10.0 Å². The Hall–Kier alpha value is -1.11. The molecule has 22 heavy (non-hydrogen) atoms. The van der Waals surface area contributed by atoms with Crippen molar-refractivity contribution >= 4 is 10.0 Å². The summed E-state index contributed by atoms with van der Waals surface area (Å²) >= 11 is 0. The lowest BCUT2D eigenvalue weighted by molar-refractivity contribution is 0.251. The molecule has 0 radical (unpaired) electrons. The summed E-state index contributed by atoms with van der Waals surface area (Å²) in [5, 5.41) is 0. The van der Waals surface area contributed by atoms with Crippen LogP contribution in [0, 0.1) is 6.92 Å². The van der Waals surface area contributed by atoms with Crippen molar-refractivity contribution < 1.29 is 13.2 Å². The zero-order valence-corrected chi connectivity index (χ0v) is 14.1. The normalized spacial score (nSPS) is 24.0. The molecule has 0 N–H and O–H groups in total. The first kappa shape index (κ1) is 15.8. The number of likely N-dealkylation sites (tertiary alicyclic amines) is 1. The smallest absolute Gasteiger partial charge is 0.246 e. The van der Waals surface area contributed by atoms with Gasteiger partial charge in [0.1, 0.15) is 10.6 Å². The van der Waals surface area contributed by atoms with Crippen molar-refractivity contribution in [2.75, 3.05) is 33.3 Å². The lowest BCUT2D eigenvalue weighted by atomic mass is 10.2. The molecular formula is C16H24N2O3S. The van der Waals surface area contributed by atoms with Crippen LogP contribution in [-0.4, -0.2) is 57.0 Å². The Balaban J connectivity index is 1.83. The number of methoxy groups -OCH3 is 1. The van der Waals surface area contributed by atoms with E-state index in [4.69, 9.17) is 4.74 Å². The van der Waals surface area contributed by atoms with Gasteiger partial charge in [-0.15, -0.1) is 0 Å². The topological polar surface area (TPSA) is 49.9 Å². The second-order valence-corrected chi connectivity index (χ2v) is 8.11. The molecule has 6 heteroatoms. The van der Waals surface area contributed by atoms with E-state index in [1.807, 2.05) is 13.0 Å². The second-order valence-electron chi connectivity index (χ2n) is 6.20. The maximum absolute atomic E-state index is 13.0. The van der Waals surface area contributed by atoms with E-state index in [0.717, 1.165) is 25.1 Å². The maximum Gasteiger partial charge on any atom is 0.246 e. The molecular weight excluding hydrogens is 300 g/mol. The van der Waals surface area contributed by atoms with E-state index in [1.165, 1.54) is 20.0 Å². The third-order valence-corrected chi connectivity index (χ3v) is 6.61. The van der Waals surface area contributed by atoms with Gasteiger partial charge in [0.2, 0.25) is 10.0 Å². The summed E-state index contributed by atoms with van der Waals surface area (Å²) in [6.07, 6.45) is 3.39. The lowest BCUT2D eigenvalue weighted by Gasteiger charge is -2.24. The van der Waals surface area contributed by atoms with E-state index >= 15 is 0 Å². The van der Waals surface area contributed by atoms with Crippen molar-refractivity contribution in [3.63, 3.8) is 0 Å². The quantitative estimate of drug-likeness (QED) is 0.848. The lowest BCUT2D eigenvalue weighted by Crippen LogP contribution is -2.37. The molecule has 5 nitrogen and oxygen atoms in total. The van der Waals surface area contributed by atoms with Crippen LogP contribution >= 0.6 is 0 Å². The zero-order valence-electron chi connectivity index (χ0n) is 13.3. The van der Waals surface area contributed by atoms with Gasteiger partial charge in [-0.2, -0.15) is 4.31 Å². The monoisotopic (exact) mass is 324 g/mol. The molecule has 0 aromatic heterocycles. The molecule has 2 aliphatic heterocycles. The average molecular weight is 324 g/mol.